The number of aliphatic hydroxyl groups is 3. The Kier molecular flexibility index (Phi) is 6.93. The minimum absolute atomic E-state index is 0.165. The lowest BCUT2D eigenvalue weighted by atomic mass is 9.91. The van der Waals surface area contributed by atoms with E-state index in [1.165, 1.54) is 0 Å². The molecule has 0 aromatic rings. The zero-order valence-electron chi connectivity index (χ0n) is 14.1. The highest BCUT2D eigenvalue weighted by Gasteiger charge is 2.49. The van der Waals surface area contributed by atoms with Gasteiger partial charge in [0.15, 0.2) is 6.04 Å². The van der Waals surface area contributed by atoms with E-state index in [2.05, 4.69) is 10.1 Å². The number of nitrogens with one attached hydrogen (secondary N) is 1. The Morgan fingerprint density at radius 2 is 1.79 bits per heavy atom. The molecule has 0 aromatic carbocycles. The van der Waals surface area contributed by atoms with Gasteiger partial charge < -0.3 is 40.6 Å². The number of rotatable bonds is 4. The summed E-state index contributed by atoms with van der Waals surface area (Å²) in [6.45, 7) is 4.74. The van der Waals surface area contributed by atoms with Crippen molar-refractivity contribution in [2.45, 2.75) is 62.9 Å². The molecule has 10 nitrogen and oxygen atoms in total. The van der Waals surface area contributed by atoms with Crippen LogP contribution in [0.4, 0.5) is 4.79 Å². The van der Waals surface area contributed by atoms with Crippen LogP contribution in [0.2, 0.25) is 0 Å². The van der Waals surface area contributed by atoms with E-state index in [0.717, 1.165) is 7.11 Å². The largest absolute Gasteiger partial charge is 0.467 e. The third kappa shape index (κ3) is 5.02. The fourth-order valence-electron chi connectivity index (χ4n) is 2.29. The second-order valence-electron chi connectivity index (χ2n) is 6.49. The fraction of sp³-hybridized carbons (Fsp3) is 0.857. The zero-order valence-corrected chi connectivity index (χ0v) is 14.1. The van der Waals surface area contributed by atoms with Crippen LogP contribution in [0, 0.1) is 0 Å². The van der Waals surface area contributed by atoms with E-state index < -0.39 is 54.2 Å². The van der Waals surface area contributed by atoms with Gasteiger partial charge in [-0.05, 0) is 20.8 Å². The molecule has 1 rings (SSSR count). The van der Waals surface area contributed by atoms with Crippen LogP contribution >= 0.6 is 0 Å². The second-order valence-corrected chi connectivity index (χ2v) is 6.49. The predicted molar refractivity (Wildman–Crippen MR) is 80.9 cm³/mol. The number of hydrogen-bond acceptors (Lipinski definition) is 9. The van der Waals surface area contributed by atoms with Gasteiger partial charge in [-0.2, -0.15) is 0 Å². The number of alkyl carbamates (subject to hydrolysis) is 1. The van der Waals surface area contributed by atoms with Crippen molar-refractivity contribution in [2.24, 2.45) is 5.73 Å². The van der Waals surface area contributed by atoms with E-state index >= 15 is 0 Å². The third-order valence-electron chi connectivity index (χ3n) is 3.44. The number of esters is 1. The summed E-state index contributed by atoms with van der Waals surface area (Å²) >= 11 is 0. The Bertz CT molecular complexity index is 451. The lowest BCUT2D eigenvalue weighted by molar-refractivity contribution is -0.227. The van der Waals surface area contributed by atoms with Gasteiger partial charge in [0.2, 0.25) is 0 Å². The van der Waals surface area contributed by atoms with Crippen LogP contribution in [0.15, 0.2) is 0 Å². The van der Waals surface area contributed by atoms with Crippen molar-refractivity contribution >= 4 is 12.1 Å². The summed E-state index contributed by atoms with van der Waals surface area (Å²) in [4.78, 5) is 23.9. The topological polar surface area (TPSA) is 161 Å². The molecule has 0 saturated carbocycles. The van der Waals surface area contributed by atoms with Crippen molar-refractivity contribution in [3.05, 3.63) is 0 Å². The molecule has 10 heteroatoms. The number of carbonyl (C=O) groups is 2. The molecular weight excluding hydrogens is 324 g/mol. The van der Waals surface area contributed by atoms with Gasteiger partial charge in [-0.3, -0.25) is 0 Å². The lowest BCUT2D eigenvalue weighted by Gasteiger charge is -2.42. The molecule has 0 aliphatic carbocycles. The zero-order chi connectivity index (χ0) is 18.7. The number of amides is 1. The smallest absolute Gasteiger partial charge is 0.408 e. The van der Waals surface area contributed by atoms with Gasteiger partial charge in [-0.1, -0.05) is 0 Å². The minimum atomic E-state index is -1.65. The van der Waals surface area contributed by atoms with Gasteiger partial charge >= 0.3 is 12.1 Å². The number of ether oxygens (including phenoxy) is 3. The molecule has 24 heavy (non-hydrogen) atoms. The second kappa shape index (κ2) is 8.08. The number of nitrogens with two attached hydrogens (primary N) is 1. The monoisotopic (exact) mass is 350 g/mol. The Labute approximate surface area is 139 Å². The highest BCUT2D eigenvalue weighted by molar-refractivity contribution is 5.82. The van der Waals surface area contributed by atoms with Gasteiger partial charge in [0.25, 0.3) is 0 Å². The minimum Gasteiger partial charge on any atom is -0.467 e. The normalized spacial score (nSPS) is 31.9. The molecule has 1 saturated heterocycles. The van der Waals surface area contributed by atoms with Gasteiger partial charge in [0.1, 0.15) is 30.0 Å². The molecule has 1 aliphatic heterocycles. The van der Waals surface area contributed by atoms with Crippen LogP contribution < -0.4 is 11.1 Å². The van der Waals surface area contributed by atoms with E-state index in [4.69, 9.17) is 15.2 Å². The summed E-state index contributed by atoms with van der Waals surface area (Å²) in [5, 5.41) is 32.1. The maximum atomic E-state index is 12.0. The number of aliphatic hydroxyl groups excluding tert-OH is 3. The highest BCUT2D eigenvalue weighted by Crippen LogP contribution is 2.24. The molecule has 140 valence electrons. The molecular formula is C14H26N2O8. The fourth-order valence-corrected chi connectivity index (χ4v) is 2.29. The first kappa shape index (κ1) is 20.6. The quantitative estimate of drug-likeness (QED) is 0.356. The lowest BCUT2D eigenvalue weighted by Crippen LogP contribution is -2.66. The first-order chi connectivity index (χ1) is 11.0. The van der Waals surface area contributed by atoms with E-state index in [1.807, 2.05) is 0 Å². The Morgan fingerprint density at radius 1 is 1.21 bits per heavy atom. The summed E-state index contributed by atoms with van der Waals surface area (Å²) in [7, 11) is 1.09. The summed E-state index contributed by atoms with van der Waals surface area (Å²) in [5.41, 5.74) is 4.64. The predicted octanol–water partition coefficient (Wildman–Crippen LogP) is -2.14. The molecule has 4 unspecified atom stereocenters. The molecule has 0 radical (unpaired) electrons. The molecule has 6 N–H and O–H groups in total. The van der Waals surface area contributed by atoms with E-state index in [0.29, 0.717) is 0 Å². The van der Waals surface area contributed by atoms with Crippen molar-refractivity contribution < 1.29 is 39.1 Å². The third-order valence-corrected chi connectivity index (χ3v) is 3.44. The van der Waals surface area contributed by atoms with Gasteiger partial charge in [-0.25, -0.2) is 9.59 Å². The first-order valence-electron chi connectivity index (χ1n) is 7.49. The highest BCUT2D eigenvalue weighted by atomic mass is 16.6. The van der Waals surface area contributed by atoms with E-state index in [9.17, 15) is 24.9 Å². The average molecular weight is 350 g/mol. The molecule has 1 amide bonds. The summed E-state index contributed by atoms with van der Waals surface area (Å²) in [6.07, 6.45) is -8.02. The maximum absolute atomic E-state index is 12.0. The molecule has 0 spiro atoms. The number of methoxy groups -OCH3 is 1. The molecule has 1 fully saturated rings. The standard InChI is InChI=1S/C14H26N2O8/c1-14(2,3)24-13(21)16-7(12(20)22-4)11-10(19)9(18)8(17)6(5-15)23-11/h6-11,17-19H,5,15H2,1-4H3,(H,16,21)/t6?,7?,8-,9?,10?,11+/m1/s1. The molecule has 6 atom stereocenters. The Balaban J connectivity index is 2.98. The van der Waals surface area contributed by atoms with Crippen LogP contribution in [0.25, 0.3) is 0 Å². The van der Waals surface area contributed by atoms with Gasteiger partial charge in [-0.15, -0.1) is 0 Å². The van der Waals surface area contributed by atoms with Crippen molar-refractivity contribution in [1.29, 1.82) is 0 Å². The van der Waals surface area contributed by atoms with Crippen molar-refractivity contribution in [1.82, 2.24) is 5.32 Å². The molecule has 0 bridgehead atoms. The average Bonchev–Trinajstić information content (AvgIpc) is 2.48. The van der Waals surface area contributed by atoms with Gasteiger partial charge in [0, 0.05) is 6.54 Å². The van der Waals surface area contributed by atoms with Crippen LogP contribution in [-0.4, -0.2) is 83.2 Å². The van der Waals surface area contributed by atoms with Crippen molar-refractivity contribution in [2.75, 3.05) is 13.7 Å². The summed E-state index contributed by atoms with van der Waals surface area (Å²) in [5.74, 6) is -0.913. The van der Waals surface area contributed by atoms with Crippen molar-refractivity contribution in [3.63, 3.8) is 0 Å². The SMILES string of the molecule is COC(=O)C(NC(=O)OC(C)(C)C)[C@@H]1OC(CN)[C@@H](O)C(O)C1O. The molecule has 0 aromatic heterocycles. The Hall–Kier alpha value is -1.46. The Morgan fingerprint density at radius 3 is 2.25 bits per heavy atom. The van der Waals surface area contributed by atoms with Crippen LogP contribution in [0.5, 0.6) is 0 Å². The van der Waals surface area contributed by atoms with Crippen LogP contribution in [-0.2, 0) is 19.0 Å². The molecule has 1 aliphatic rings. The van der Waals surface area contributed by atoms with Crippen LogP contribution in [0.3, 0.4) is 0 Å². The maximum Gasteiger partial charge on any atom is 0.408 e. The van der Waals surface area contributed by atoms with Crippen molar-refractivity contribution in [3.8, 4) is 0 Å². The number of hydrogen-bond donors (Lipinski definition) is 5. The number of carbonyl (C=O) groups excluding carboxylic acids is 2. The first-order valence-corrected chi connectivity index (χ1v) is 7.49. The molecule has 1 heterocycles. The van der Waals surface area contributed by atoms with E-state index in [-0.39, 0.29) is 6.54 Å². The van der Waals surface area contributed by atoms with Gasteiger partial charge in [0.05, 0.1) is 13.2 Å². The van der Waals surface area contributed by atoms with Crippen LogP contribution in [0.1, 0.15) is 20.8 Å². The summed E-state index contributed by atoms with van der Waals surface area (Å²) < 4.78 is 15.0. The summed E-state index contributed by atoms with van der Waals surface area (Å²) in [6, 6.07) is -1.46. The van der Waals surface area contributed by atoms with E-state index in [1.54, 1.807) is 20.8 Å².